The van der Waals surface area contributed by atoms with Gasteiger partial charge in [-0.1, -0.05) is 96.2 Å². The van der Waals surface area contributed by atoms with Crippen LogP contribution in [0.3, 0.4) is 0 Å². The van der Waals surface area contributed by atoms with Gasteiger partial charge < -0.3 is 15.7 Å². The smallest absolute Gasteiger partial charge is 0.213 e. The molecule has 0 aliphatic heterocycles. The number of thiazole rings is 1. The van der Waals surface area contributed by atoms with Crippen molar-refractivity contribution in [1.82, 2.24) is 4.98 Å². The van der Waals surface area contributed by atoms with Gasteiger partial charge >= 0.3 is 0 Å². The Balaban J connectivity index is 1.95. The lowest BCUT2D eigenvalue weighted by Gasteiger charge is -2.33. The fourth-order valence-electron chi connectivity index (χ4n) is 3.38. The van der Waals surface area contributed by atoms with E-state index in [4.69, 9.17) is 22.8 Å². The van der Waals surface area contributed by atoms with Gasteiger partial charge in [-0.25, -0.2) is 4.98 Å². The number of aliphatic hydroxyl groups is 1. The first kappa shape index (κ1) is 20.7. The van der Waals surface area contributed by atoms with Crippen LogP contribution in [0.2, 0.25) is 0 Å². The van der Waals surface area contributed by atoms with Gasteiger partial charge in [-0.15, -0.1) is 11.3 Å². The van der Waals surface area contributed by atoms with Crippen LogP contribution in [0.15, 0.2) is 102 Å². The van der Waals surface area contributed by atoms with Crippen molar-refractivity contribution in [2.24, 2.45) is 5.16 Å². The molecule has 0 radical (unpaired) electrons. The molecule has 1 heterocycles. The number of rotatable bonds is 7. The number of nitrogens with zero attached hydrogens (tertiary/aromatic N) is 2. The molecule has 154 valence electrons. The molecule has 3 aromatic carbocycles. The van der Waals surface area contributed by atoms with Crippen molar-refractivity contribution in [1.29, 1.82) is 0 Å². The predicted molar refractivity (Wildman–Crippen MR) is 129 cm³/mol. The highest BCUT2D eigenvalue weighted by molar-refractivity contribution is 7.81. The van der Waals surface area contributed by atoms with E-state index < -0.39 is 10.7 Å². The third kappa shape index (κ3) is 4.19. The van der Waals surface area contributed by atoms with Gasteiger partial charge in [0.15, 0.2) is 10.8 Å². The van der Waals surface area contributed by atoms with E-state index in [0.29, 0.717) is 10.8 Å². The summed E-state index contributed by atoms with van der Waals surface area (Å²) in [7, 11) is 0. The molecule has 31 heavy (non-hydrogen) atoms. The number of oxime groups is 1. The van der Waals surface area contributed by atoms with Crippen LogP contribution in [0.25, 0.3) is 0 Å². The molecule has 4 rings (SSSR count). The van der Waals surface area contributed by atoms with Gasteiger partial charge in [0.1, 0.15) is 5.69 Å². The number of aromatic nitrogens is 1. The van der Waals surface area contributed by atoms with E-state index in [1.807, 2.05) is 91.0 Å². The molecule has 7 heteroatoms. The van der Waals surface area contributed by atoms with Crippen LogP contribution in [0.1, 0.15) is 22.4 Å². The van der Waals surface area contributed by atoms with Crippen LogP contribution in [-0.4, -0.2) is 20.9 Å². The molecule has 1 aromatic heterocycles. The second kappa shape index (κ2) is 9.07. The molecule has 0 unspecified atom stereocenters. The Bertz CT molecular complexity index is 1100. The van der Waals surface area contributed by atoms with Gasteiger partial charge in [-0.3, -0.25) is 0 Å². The fourth-order valence-corrected chi connectivity index (χ4v) is 4.07. The lowest BCUT2D eigenvalue weighted by Crippen LogP contribution is -2.32. The maximum atomic E-state index is 10.1. The molecule has 0 aliphatic rings. The van der Waals surface area contributed by atoms with Crippen LogP contribution < -0.4 is 5.73 Å². The van der Waals surface area contributed by atoms with E-state index in [9.17, 15) is 5.11 Å². The first-order chi connectivity index (χ1) is 15.1. The normalized spacial score (nSPS) is 11.8. The van der Waals surface area contributed by atoms with Gasteiger partial charge in [0.2, 0.25) is 10.7 Å². The Labute approximate surface area is 189 Å². The fraction of sp³-hybridized carbons (Fsp3) is 0.0417. The Kier molecular flexibility index (Phi) is 6.06. The summed E-state index contributed by atoms with van der Waals surface area (Å²) in [5, 5.41) is 16.1. The third-order valence-electron chi connectivity index (χ3n) is 4.78. The number of benzene rings is 3. The molecular formula is C24H19N3O2S2. The molecule has 4 aromatic rings. The van der Waals surface area contributed by atoms with Gasteiger partial charge in [0, 0.05) is 22.1 Å². The highest BCUT2D eigenvalue weighted by Crippen LogP contribution is 2.40. The maximum absolute atomic E-state index is 10.1. The quantitative estimate of drug-likeness (QED) is 0.174. The molecule has 0 aliphatic carbocycles. The minimum atomic E-state index is -1.08. The molecule has 0 saturated carbocycles. The number of hydrogen-bond donors (Lipinski definition) is 2. The number of thiocarbonyl (C=S) groups is 1. The summed E-state index contributed by atoms with van der Waals surface area (Å²) in [5.41, 5.74) is 7.70. The third-order valence-corrected chi connectivity index (χ3v) is 5.65. The summed E-state index contributed by atoms with van der Waals surface area (Å²) < 4.78 is 0. The number of anilines is 1. The molecule has 0 bridgehead atoms. The van der Waals surface area contributed by atoms with E-state index in [2.05, 4.69) is 10.1 Å². The summed E-state index contributed by atoms with van der Waals surface area (Å²) in [6.45, 7) is 0. The van der Waals surface area contributed by atoms with Crippen LogP contribution in [0, 0.1) is 0 Å². The Morgan fingerprint density at radius 3 is 1.68 bits per heavy atom. The van der Waals surface area contributed by atoms with Gasteiger partial charge in [-0.2, -0.15) is 0 Å². The van der Waals surface area contributed by atoms with Crippen molar-refractivity contribution >= 4 is 39.4 Å². The Morgan fingerprint density at radius 2 is 1.32 bits per heavy atom. The van der Waals surface area contributed by atoms with Crippen LogP contribution in [0.4, 0.5) is 5.13 Å². The van der Waals surface area contributed by atoms with E-state index >= 15 is 0 Å². The Hall–Kier alpha value is -3.55. The topological polar surface area (TPSA) is 80.7 Å². The average molecular weight is 446 g/mol. The van der Waals surface area contributed by atoms with E-state index in [1.54, 1.807) is 5.38 Å². The standard InChI is InChI=1S/C24H19N3O2S2/c25-23-26-20(16-31-23)21(22(28)30)27-29-24(17-10-4-1-5-11-17,18-12-6-2-7-13-18)19-14-8-3-9-15-19/h1-16H,(H2,25,26)(H,28,30). The van der Waals surface area contributed by atoms with Crippen LogP contribution in [0.5, 0.6) is 0 Å². The number of hydrogen-bond acceptors (Lipinski definition) is 6. The maximum Gasteiger partial charge on any atom is 0.213 e. The van der Waals surface area contributed by atoms with Gasteiger partial charge in [0.25, 0.3) is 0 Å². The second-order valence-electron chi connectivity index (χ2n) is 6.69. The summed E-state index contributed by atoms with van der Waals surface area (Å²) in [4.78, 5) is 10.5. The minimum absolute atomic E-state index is 0.0510. The van der Waals surface area contributed by atoms with Crippen LogP contribution >= 0.6 is 23.6 Å². The zero-order valence-electron chi connectivity index (χ0n) is 16.4. The molecule has 0 atom stereocenters. The molecule has 0 fully saturated rings. The van der Waals surface area contributed by atoms with E-state index in [-0.39, 0.29) is 5.71 Å². The molecule has 5 nitrogen and oxygen atoms in total. The van der Waals surface area contributed by atoms with Crippen molar-refractivity contribution in [3.05, 3.63) is 119 Å². The monoisotopic (exact) mass is 445 g/mol. The highest BCUT2D eigenvalue weighted by Gasteiger charge is 2.40. The molecule has 0 saturated heterocycles. The minimum Gasteiger partial charge on any atom is -0.497 e. The second-order valence-corrected chi connectivity index (χ2v) is 7.96. The Morgan fingerprint density at radius 1 is 0.871 bits per heavy atom. The summed E-state index contributed by atoms with van der Waals surface area (Å²) >= 11 is 6.25. The molecule has 3 N–H and O–H groups in total. The molecular weight excluding hydrogens is 426 g/mol. The lowest BCUT2D eigenvalue weighted by atomic mass is 9.80. The average Bonchev–Trinajstić information content (AvgIpc) is 3.24. The van der Waals surface area contributed by atoms with Crippen molar-refractivity contribution in [3.63, 3.8) is 0 Å². The first-order valence-electron chi connectivity index (χ1n) is 9.48. The summed E-state index contributed by atoms with van der Waals surface area (Å²) in [5.74, 6) is 0. The zero-order valence-corrected chi connectivity index (χ0v) is 18.0. The summed E-state index contributed by atoms with van der Waals surface area (Å²) in [6.07, 6.45) is 0. The lowest BCUT2D eigenvalue weighted by molar-refractivity contribution is 0.0176. The van der Waals surface area contributed by atoms with Crippen molar-refractivity contribution in [2.75, 3.05) is 5.73 Å². The number of nitrogens with two attached hydrogens (primary N) is 1. The van der Waals surface area contributed by atoms with Crippen molar-refractivity contribution < 1.29 is 9.94 Å². The zero-order chi connectivity index (χ0) is 21.7. The summed E-state index contributed by atoms with van der Waals surface area (Å²) in [6, 6.07) is 29.4. The molecule has 0 spiro atoms. The number of nitrogen functional groups attached to an aromatic ring is 1. The predicted octanol–water partition coefficient (Wildman–Crippen LogP) is 5.32. The highest BCUT2D eigenvalue weighted by atomic mass is 32.1. The first-order valence-corrected chi connectivity index (χ1v) is 10.8. The van der Waals surface area contributed by atoms with Gasteiger partial charge in [-0.05, 0) is 12.2 Å². The van der Waals surface area contributed by atoms with E-state index in [0.717, 1.165) is 16.7 Å². The van der Waals surface area contributed by atoms with Gasteiger partial charge in [0.05, 0.1) is 0 Å². The van der Waals surface area contributed by atoms with E-state index in [1.165, 1.54) is 11.3 Å². The number of aliphatic hydroxyl groups excluding tert-OH is 1. The van der Waals surface area contributed by atoms with Crippen molar-refractivity contribution in [2.45, 2.75) is 5.60 Å². The molecule has 0 amide bonds. The SMILES string of the molecule is Nc1nc(C(=NOC(c2ccccc2)(c2ccccc2)c2ccccc2)C(O)=S)cs1. The largest absolute Gasteiger partial charge is 0.497 e. The van der Waals surface area contributed by atoms with Crippen LogP contribution in [-0.2, 0) is 10.4 Å². The van der Waals surface area contributed by atoms with Crippen molar-refractivity contribution in [3.8, 4) is 0 Å².